The first-order valence-electron chi connectivity index (χ1n) is 6.04. The summed E-state index contributed by atoms with van der Waals surface area (Å²) in [5, 5.41) is 2.89. The first-order valence-corrected chi connectivity index (χ1v) is 8.68. The molecule has 0 fully saturated rings. The van der Waals surface area contributed by atoms with E-state index < -0.39 is 6.64 Å². The van der Waals surface area contributed by atoms with Gasteiger partial charge in [-0.25, -0.2) is 10.1 Å². The van der Waals surface area contributed by atoms with E-state index in [1.165, 1.54) is 0 Å². The predicted octanol–water partition coefficient (Wildman–Crippen LogP) is 1.63. The van der Waals surface area contributed by atoms with Gasteiger partial charge >= 0.3 is 6.64 Å². The van der Waals surface area contributed by atoms with E-state index in [-0.39, 0.29) is 6.61 Å². The molecule has 1 N–H and O–H groups in total. The Morgan fingerprint density at radius 3 is 2.50 bits per heavy atom. The lowest BCUT2D eigenvalue weighted by molar-refractivity contribution is 0.169. The number of ether oxygens (including phenoxy) is 2. The molecule has 0 amide bonds. The van der Waals surface area contributed by atoms with Crippen LogP contribution in [-0.4, -0.2) is 37.8 Å². The van der Waals surface area contributed by atoms with Crippen LogP contribution in [0, 0.1) is 0 Å². The van der Waals surface area contributed by atoms with E-state index in [2.05, 4.69) is 15.1 Å². The summed E-state index contributed by atoms with van der Waals surface area (Å²) in [7, 11) is 4.87. The van der Waals surface area contributed by atoms with Gasteiger partial charge in [-0.05, 0) is 25.8 Å². The van der Waals surface area contributed by atoms with Gasteiger partial charge in [-0.15, -0.1) is 0 Å². The van der Waals surface area contributed by atoms with Crippen LogP contribution in [0.25, 0.3) is 0 Å². The Labute approximate surface area is 124 Å². The van der Waals surface area contributed by atoms with Crippen molar-refractivity contribution in [3.8, 4) is 5.88 Å². The first-order chi connectivity index (χ1) is 9.56. The Morgan fingerprint density at radius 2 is 1.95 bits per heavy atom. The van der Waals surface area contributed by atoms with E-state index in [1.54, 1.807) is 27.3 Å². The molecule has 1 aromatic heterocycles. The van der Waals surface area contributed by atoms with E-state index in [4.69, 9.17) is 30.3 Å². The van der Waals surface area contributed by atoms with Gasteiger partial charge in [0, 0.05) is 20.3 Å². The normalized spacial score (nSPS) is 14.0. The molecule has 20 heavy (non-hydrogen) atoms. The summed E-state index contributed by atoms with van der Waals surface area (Å²) in [6.45, 7) is 0.361. The summed E-state index contributed by atoms with van der Waals surface area (Å²) < 4.78 is 21.3. The molecular weight excluding hydrogens is 301 g/mol. The fourth-order valence-corrected chi connectivity index (χ4v) is 2.92. The van der Waals surface area contributed by atoms with E-state index in [1.807, 2.05) is 6.92 Å². The molecule has 0 saturated heterocycles. The van der Waals surface area contributed by atoms with Crippen LogP contribution < -0.4 is 9.61 Å². The van der Waals surface area contributed by atoms with Crippen LogP contribution in [0.3, 0.4) is 0 Å². The molecule has 114 valence electrons. The molecule has 1 rings (SSSR count). The third-order valence-corrected chi connectivity index (χ3v) is 4.82. The van der Waals surface area contributed by atoms with Gasteiger partial charge in [0.25, 0.3) is 0 Å². The lowest BCUT2D eigenvalue weighted by Gasteiger charge is -2.20. The van der Waals surface area contributed by atoms with Crippen LogP contribution in [0.1, 0.15) is 18.4 Å². The molecule has 9 heteroatoms. The monoisotopic (exact) mass is 321 g/mol. The minimum absolute atomic E-state index is 0.283. The Morgan fingerprint density at radius 1 is 1.25 bits per heavy atom. The smallest absolute Gasteiger partial charge is 0.313 e. The van der Waals surface area contributed by atoms with Gasteiger partial charge in [-0.2, -0.15) is 4.98 Å². The highest BCUT2D eigenvalue weighted by Gasteiger charge is 2.19. The summed E-state index contributed by atoms with van der Waals surface area (Å²) in [6.07, 6.45) is 0. The van der Waals surface area contributed by atoms with Crippen molar-refractivity contribution < 1.29 is 18.5 Å². The van der Waals surface area contributed by atoms with Crippen LogP contribution in [-0.2, 0) is 39.0 Å². The Hall–Kier alpha value is -0.630. The largest absolute Gasteiger partial charge is 0.414 e. The molecule has 1 aromatic rings. The van der Waals surface area contributed by atoms with Gasteiger partial charge in [-0.1, -0.05) is 0 Å². The molecule has 1 atom stereocenters. The van der Waals surface area contributed by atoms with Crippen molar-refractivity contribution in [1.82, 2.24) is 15.1 Å². The fraction of sp³-hybridized carbons (Fsp3) is 0.636. The summed E-state index contributed by atoms with van der Waals surface area (Å²) in [6, 6.07) is 1.68. The predicted molar refractivity (Wildman–Crippen MR) is 79.1 cm³/mol. The van der Waals surface area contributed by atoms with Gasteiger partial charge in [0.15, 0.2) is 5.82 Å². The molecule has 0 spiro atoms. The lowest BCUT2D eigenvalue weighted by Crippen LogP contribution is -2.13. The highest BCUT2D eigenvalue weighted by atomic mass is 32.5. The third kappa shape index (κ3) is 5.40. The second kappa shape index (κ2) is 8.61. The maximum atomic E-state index is 5.70. The number of hydrogen-bond donors (Lipinski definition) is 1. The zero-order valence-corrected chi connectivity index (χ0v) is 13.8. The second-order valence-corrected chi connectivity index (χ2v) is 7.03. The summed E-state index contributed by atoms with van der Waals surface area (Å²) in [5.41, 5.74) is 0.693. The minimum atomic E-state index is -2.59. The molecule has 0 saturated carbocycles. The maximum absolute atomic E-state index is 5.70. The van der Waals surface area contributed by atoms with Gasteiger partial charge in [0.05, 0.1) is 18.9 Å². The summed E-state index contributed by atoms with van der Waals surface area (Å²) in [4.78, 5) is 8.54. The Kier molecular flexibility index (Phi) is 7.50. The average molecular weight is 321 g/mol. The van der Waals surface area contributed by atoms with Crippen LogP contribution in [0.5, 0.6) is 5.88 Å². The van der Waals surface area contributed by atoms with Crippen LogP contribution in [0.15, 0.2) is 6.07 Å². The van der Waals surface area contributed by atoms with E-state index in [0.29, 0.717) is 30.6 Å². The lowest BCUT2D eigenvalue weighted by atomic mass is 10.4. The van der Waals surface area contributed by atoms with Crippen molar-refractivity contribution in [1.29, 1.82) is 0 Å². The maximum Gasteiger partial charge on any atom is 0.313 e. The van der Waals surface area contributed by atoms with Gasteiger partial charge in [-0.3, -0.25) is 0 Å². The zero-order chi connectivity index (χ0) is 15.0. The second-order valence-electron chi connectivity index (χ2n) is 3.71. The standard InChI is InChI=1S/C11H20N3O4PS/c1-5-17-19(20,12-2)18-11-6-9(7-15-3)13-10(14-11)8-16-4/h6H,5,7-8H2,1-4H3,(H,12,20). The van der Waals surface area contributed by atoms with Crippen molar-refractivity contribution in [3.63, 3.8) is 0 Å². The summed E-state index contributed by atoms with van der Waals surface area (Å²) in [5.74, 6) is 0.858. The van der Waals surface area contributed by atoms with Crippen LogP contribution >= 0.6 is 6.64 Å². The molecule has 0 bridgehead atoms. The first kappa shape index (κ1) is 17.4. The molecule has 1 heterocycles. The van der Waals surface area contributed by atoms with Crippen molar-refractivity contribution >= 4 is 18.4 Å². The van der Waals surface area contributed by atoms with E-state index in [9.17, 15) is 0 Å². The summed E-state index contributed by atoms with van der Waals surface area (Å²) >= 11 is 5.33. The molecule has 0 aliphatic rings. The van der Waals surface area contributed by atoms with Crippen LogP contribution in [0.2, 0.25) is 0 Å². The number of hydrogen-bond acceptors (Lipinski definition) is 7. The van der Waals surface area contributed by atoms with Crippen molar-refractivity contribution in [2.45, 2.75) is 20.1 Å². The molecular formula is C11H20N3O4PS. The molecule has 0 radical (unpaired) electrons. The minimum Gasteiger partial charge on any atom is -0.414 e. The highest BCUT2D eigenvalue weighted by Crippen LogP contribution is 2.43. The molecule has 0 aliphatic heterocycles. The van der Waals surface area contributed by atoms with Crippen molar-refractivity contribution in [2.24, 2.45) is 0 Å². The number of nitrogens with one attached hydrogen (secondary N) is 1. The zero-order valence-electron chi connectivity index (χ0n) is 12.1. The number of aromatic nitrogens is 2. The van der Waals surface area contributed by atoms with Gasteiger partial charge < -0.3 is 18.5 Å². The van der Waals surface area contributed by atoms with Crippen LogP contribution in [0.4, 0.5) is 0 Å². The number of methoxy groups -OCH3 is 2. The number of rotatable bonds is 9. The SMILES string of the molecule is CCOP(=S)(NC)Oc1cc(COC)nc(COC)n1. The third-order valence-electron chi connectivity index (χ3n) is 2.15. The van der Waals surface area contributed by atoms with E-state index in [0.717, 1.165) is 0 Å². The quantitative estimate of drug-likeness (QED) is 0.688. The van der Waals surface area contributed by atoms with Gasteiger partial charge in [0.1, 0.15) is 6.61 Å². The molecule has 1 unspecified atom stereocenters. The van der Waals surface area contributed by atoms with E-state index >= 15 is 0 Å². The van der Waals surface area contributed by atoms with Crippen molar-refractivity contribution in [3.05, 3.63) is 17.6 Å². The molecule has 7 nitrogen and oxygen atoms in total. The number of nitrogens with zero attached hydrogens (tertiary/aromatic N) is 2. The molecule has 0 aromatic carbocycles. The highest BCUT2D eigenvalue weighted by molar-refractivity contribution is 8.09. The van der Waals surface area contributed by atoms with Gasteiger partial charge in [0.2, 0.25) is 5.88 Å². The fourth-order valence-electron chi connectivity index (χ4n) is 1.42. The topological polar surface area (TPSA) is 74.7 Å². The molecule has 0 aliphatic carbocycles. The Bertz CT molecular complexity index is 451. The Balaban J connectivity index is 3.00. The average Bonchev–Trinajstić information content (AvgIpc) is 2.39. The van der Waals surface area contributed by atoms with Crippen molar-refractivity contribution in [2.75, 3.05) is 27.9 Å².